The third-order valence-electron chi connectivity index (χ3n) is 4.36. The molecule has 146 valence electrons. The fourth-order valence-electron chi connectivity index (χ4n) is 2.91. The molecule has 0 bridgehead atoms. The number of nitrogens with zero attached hydrogens (tertiary/aromatic N) is 3. The number of imidazole rings is 1. The van der Waals surface area contributed by atoms with E-state index in [1.54, 1.807) is 13.3 Å². The van der Waals surface area contributed by atoms with E-state index in [-0.39, 0.29) is 0 Å². The summed E-state index contributed by atoms with van der Waals surface area (Å²) in [4.78, 5) is 6.22. The molecule has 3 aromatic rings. The van der Waals surface area contributed by atoms with E-state index >= 15 is 0 Å². The Hall–Kier alpha value is -2.57. The van der Waals surface area contributed by atoms with Gasteiger partial charge in [0.25, 0.3) is 0 Å². The Morgan fingerprint density at radius 1 is 1.21 bits per heavy atom. The molecule has 0 aliphatic carbocycles. The lowest BCUT2D eigenvalue weighted by Gasteiger charge is -2.27. The molecule has 0 unspecified atom stereocenters. The van der Waals surface area contributed by atoms with Crippen LogP contribution in [0.5, 0.6) is 5.75 Å². The second kappa shape index (κ2) is 10.1. The first-order valence-corrected chi connectivity index (χ1v) is 9.84. The summed E-state index contributed by atoms with van der Waals surface area (Å²) >= 11 is 12.0. The first-order chi connectivity index (χ1) is 13.7. The number of hydrogen-bond donors (Lipinski definition) is 1. The van der Waals surface area contributed by atoms with E-state index in [4.69, 9.17) is 28.6 Å². The highest BCUT2D eigenvalue weighted by Crippen LogP contribution is 2.23. The van der Waals surface area contributed by atoms with Crippen LogP contribution in [0.25, 0.3) is 0 Å². The molecule has 0 atom stereocenters. The van der Waals surface area contributed by atoms with Gasteiger partial charge in [-0.3, -0.25) is 0 Å². The van der Waals surface area contributed by atoms with Gasteiger partial charge in [-0.05, 0) is 36.8 Å². The van der Waals surface area contributed by atoms with Crippen molar-refractivity contribution in [3.05, 3.63) is 77.8 Å². The third-order valence-corrected chi connectivity index (χ3v) is 5.05. The normalized spacial score (nSPS) is 10.5. The van der Waals surface area contributed by atoms with Crippen molar-refractivity contribution >= 4 is 34.6 Å². The summed E-state index contributed by atoms with van der Waals surface area (Å²) in [5.41, 5.74) is 1.88. The maximum Gasteiger partial charge on any atom is 0.173 e. The zero-order valence-corrected chi connectivity index (χ0v) is 17.3. The predicted molar refractivity (Wildman–Crippen MR) is 118 cm³/mol. The second-order valence-corrected chi connectivity index (χ2v) is 7.09. The van der Waals surface area contributed by atoms with Gasteiger partial charge in [0.2, 0.25) is 0 Å². The Morgan fingerprint density at radius 2 is 2.00 bits per heavy atom. The first kappa shape index (κ1) is 20.2. The maximum atomic E-state index is 6.28. The molecule has 1 aromatic heterocycles. The third kappa shape index (κ3) is 5.47. The molecule has 0 saturated heterocycles. The van der Waals surface area contributed by atoms with Crippen molar-refractivity contribution in [2.75, 3.05) is 19.0 Å². The van der Waals surface area contributed by atoms with Crippen LogP contribution < -0.4 is 10.1 Å². The van der Waals surface area contributed by atoms with Gasteiger partial charge >= 0.3 is 0 Å². The Kier molecular flexibility index (Phi) is 7.28. The highest BCUT2D eigenvalue weighted by atomic mass is 35.5. The number of ether oxygens (including phenoxy) is 1. The Bertz CT molecular complexity index is 901. The zero-order valence-electron chi connectivity index (χ0n) is 15.7. The first-order valence-electron chi connectivity index (χ1n) is 9.05. The van der Waals surface area contributed by atoms with Crippen molar-refractivity contribution in [1.29, 1.82) is 0 Å². The molecular weight excluding hydrogens is 392 g/mol. The van der Waals surface area contributed by atoms with Crippen molar-refractivity contribution in [1.82, 2.24) is 14.5 Å². The lowest BCUT2D eigenvalue weighted by atomic mass is 10.2. The molecule has 5 nitrogen and oxygen atoms in total. The van der Waals surface area contributed by atoms with Crippen LogP contribution in [0.15, 0.2) is 67.3 Å². The number of thiocarbonyl (C=S) groups is 1. The summed E-state index contributed by atoms with van der Waals surface area (Å²) in [6.45, 7) is 2.30. The topological polar surface area (TPSA) is 42.3 Å². The molecular formula is C21H23ClN4OS. The van der Waals surface area contributed by atoms with Gasteiger partial charge in [-0.25, -0.2) is 4.98 Å². The van der Waals surface area contributed by atoms with Crippen LogP contribution >= 0.6 is 23.8 Å². The van der Waals surface area contributed by atoms with Crippen molar-refractivity contribution in [2.24, 2.45) is 0 Å². The average molecular weight is 415 g/mol. The molecule has 0 saturated carbocycles. The molecule has 1 heterocycles. The van der Waals surface area contributed by atoms with E-state index in [0.29, 0.717) is 16.7 Å². The lowest BCUT2D eigenvalue weighted by molar-refractivity contribution is 0.372. The van der Waals surface area contributed by atoms with E-state index in [9.17, 15) is 0 Å². The number of methoxy groups -OCH3 is 1. The number of hydrogen-bond acceptors (Lipinski definition) is 3. The van der Waals surface area contributed by atoms with Gasteiger partial charge < -0.3 is 19.5 Å². The van der Waals surface area contributed by atoms with Crippen molar-refractivity contribution in [3.8, 4) is 5.75 Å². The number of aryl methyl sites for hydroxylation is 1. The highest BCUT2D eigenvalue weighted by molar-refractivity contribution is 7.80. The SMILES string of the molecule is COc1ccccc1CN(CCCn1ccnc1)C(=S)Nc1ccccc1Cl. The van der Waals surface area contributed by atoms with Crippen molar-refractivity contribution in [2.45, 2.75) is 19.5 Å². The molecule has 0 fully saturated rings. The van der Waals surface area contributed by atoms with Crippen LogP contribution in [-0.4, -0.2) is 33.2 Å². The monoisotopic (exact) mass is 414 g/mol. The van der Waals surface area contributed by atoms with Gasteiger partial charge in [0.1, 0.15) is 5.75 Å². The molecule has 3 rings (SSSR count). The number of nitrogens with one attached hydrogen (secondary N) is 1. The van der Waals surface area contributed by atoms with Crippen molar-refractivity contribution in [3.63, 3.8) is 0 Å². The van der Waals surface area contributed by atoms with Gasteiger partial charge in [0, 0.05) is 37.6 Å². The lowest BCUT2D eigenvalue weighted by Crippen LogP contribution is -2.35. The number of para-hydroxylation sites is 2. The van der Waals surface area contributed by atoms with Crippen molar-refractivity contribution < 1.29 is 4.74 Å². The quantitative estimate of drug-likeness (QED) is 0.534. The number of benzene rings is 2. The Morgan fingerprint density at radius 3 is 2.75 bits per heavy atom. The van der Waals surface area contributed by atoms with E-state index in [0.717, 1.165) is 36.5 Å². The zero-order chi connectivity index (χ0) is 19.8. The standard InChI is InChI=1S/C21H23ClN4OS/c1-27-20-10-5-2-7-17(20)15-26(13-6-12-25-14-11-23-16-25)21(28)24-19-9-4-3-8-18(19)22/h2-5,7-11,14,16H,6,12-13,15H2,1H3,(H,24,28). The van der Waals surface area contributed by atoms with Crippen LogP contribution in [0.2, 0.25) is 5.02 Å². The van der Waals surface area contributed by atoms with Gasteiger partial charge in [0.15, 0.2) is 5.11 Å². The number of halogens is 1. The smallest absolute Gasteiger partial charge is 0.173 e. The minimum absolute atomic E-state index is 0.629. The van der Waals surface area contributed by atoms with Gasteiger partial charge in [-0.15, -0.1) is 0 Å². The van der Waals surface area contributed by atoms with Gasteiger partial charge in [0.05, 0.1) is 24.1 Å². The molecule has 0 aliphatic rings. The summed E-state index contributed by atoms with van der Waals surface area (Å²) in [6, 6.07) is 15.6. The summed E-state index contributed by atoms with van der Waals surface area (Å²) in [6.07, 6.45) is 6.50. The predicted octanol–water partition coefficient (Wildman–Crippen LogP) is 4.83. The van der Waals surface area contributed by atoms with Crippen LogP contribution in [0, 0.1) is 0 Å². The molecule has 0 amide bonds. The molecule has 1 N–H and O–H groups in total. The van der Waals surface area contributed by atoms with Crippen LogP contribution in [0.1, 0.15) is 12.0 Å². The van der Waals surface area contributed by atoms with Gasteiger partial charge in [-0.2, -0.15) is 0 Å². The minimum Gasteiger partial charge on any atom is -0.496 e. The van der Waals surface area contributed by atoms with Crippen LogP contribution in [0.3, 0.4) is 0 Å². The van der Waals surface area contributed by atoms with E-state index in [2.05, 4.69) is 25.8 Å². The maximum absolute atomic E-state index is 6.28. The Balaban J connectivity index is 1.72. The van der Waals surface area contributed by atoms with Gasteiger partial charge in [-0.1, -0.05) is 41.9 Å². The second-order valence-electron chi connectivity index (χ2n) is 6.30. The highest BCUT2D eigenvalue weighted by Gasteiger charge is 2.14. The molecule has 2 aromatic carbocycles. The largest absolute Gasteiger partial charge is 0.496 e. The fourth-order valence-corrected chi connectivity index (χ4v) is 3.36. The Labute approximate surface area is 175 Å². The molecule has 7 heteroatoms. The summed E-state index contributed by atoms with van der Waals surface area (Å²) < 4.78 is 7.56. The molecule has 0 aliphatic heterocycles. The van der Waals surface area contributed by atoms with E-state index in [1.165, 1.54) is 0 Å². The fraction of sp³-hybridized carbons (Fsp3) is 0.238. The summed E-state index contributed by atoms with van der Waals surface area (Å²) in [7, 11) is 1.68. The number of anilines is 1. The van der Waals surface area contributed by atoms with Crippen LogP contribution in [0.4, 0.5) is 5.69 Å². The average Bonchev–Trinajstić information content (AvgIpc) is 3.23. The number of aromatic nitrogens is 2. The minimum atomic E-state index is 0.629. The van der Waals surface area contributed by atoms with E-state index < -0.39 is 0 Å². The summed E-state index contributed by atoms with van der Waals surface area (Å²) in [5, 5.41) is 4.55. The number of rotatable bonds is 8. The molecule has 0 radical (unpaired) electrons. The summed E-state index contributed by atoms with van der Waals surface area (Å²) in [5.74, 6) is 0.850. The molecule has 0 spiro atoms. The molecule has 28 heavy (non-hydrogen) atoms. The van der Waals surface area contributed by atoms with E-state index in [1.807, 2.05) is 55.0 Å². The van der Waals surface area contributed by atoms with Crippen LogP contribution in [-0.2, 0) is 13.1 Å².